The molecule has 2 aliphatic heterocycles. The van der Waals surface area contributed by atoms with Crippen LogP contribution in [0.3, 0.4) is 0 Å². The number of carbonyl (C=O) groups is 1. The molecule has 1 N–H and O–H groups in total. The van der Waals surface area contributed by atoms with Crippen molar-refractivity contribution in [2.75, 3.05) is 24.6 Å². The van der Waals surface area contributed by atoms with Crippen molar-refractivity contribution in [2.24, 2.45) is 5.92 Å². The first-order chi connectivity index (χ1) is 8.16. The lowest BCUT2D eigenvalue weighted by Crippen LogP contribution is -2.48. The molecule has 1 atom stereocenters. The van der Waals surface area contributed by atoms with Crippen LogP contribution in [-0.2, 0) is 4.79 Å². The Morgan fingerprint density at radius 3 is 2.47 bits per heavy atom. The zero-order valence-electron chi connectivity index (χ0n) is 10.9. The van der Waals surface area contributed by atoms with Crippen LogP contribution in [0.15, 0.2) is 0 Å². The van der Waals surface area contributed by atoms with E-state index in [1.807, 2.05) is 18.7 Å². The number of hydrogen-bond acceptors (Lipinski definition) is 3. The fourth-order valence-electron chi connectivity index (χ4n) is 2.63. The van der Waals surface area contributed by atoms with Gasteiger partial charge in [-0.2, -0.15) is 11.8 Å². The summed E-state index contributed by atoms with van der Waals surface area (Å²) in [5.41, 5.74) is 0. The Kier molecular flexibility index (Phi) is 4.74. The van der Waals surface area contributed by atoms with Crippen LogP contribution >= 0.6 is 11.8 Å². The third-order valence-corrected chi connectivity index (χ3v) is 4.86. The lowest BCUT2D eigenvalue weighted by Gasteiger charge is -2.34. The van der Waals surface area contributed by atoms with E-state index in [0.717, 1.165) is 32.0 Å². The maximum absolute atomic E-state index is 11.9. The maximum Gasteiger partial charge on any atom is 0.225 e. The second-order valence-corrected chi connectivity index (χ2v) is 6.63. The Labute approximate surface area is 109 Å². The number of nitrogens with zero attached hydrogens (tertiary/aromatic N) is 1. The molecule has 0 saturated carbocycles. The Bertz CT molecular complexity index is 256. The lowest BCUT2D eigenvalue weighted by molar-refractivity contribution is -0.135. The molecule has 0 aromatic carbocycles. The van der Waals surface area contributed by atoms with Crippen molar-refractivity contribution in [1.29, 1.82) is 0 Å². The van der Waals surface area contributed by atoms with Gasteiger partial charge in [0.1, 0.15) is 0 Å². The molecule has 0 aromatic rings. The summed E-state index contributed by atoms with van der Waals surface area (Å²) in [5, 5.41) is 3.75. The minimum Gasteiger partial charge on any atom is -0.342 e. The zero-order valence-corrected chi connectivity index (χ0v) is 11.8. The van der Waals surface area contributed by atoms with Gasteiger partial charge < -0.3 is 10.2 Å². The molecule has 2 saturated heterocycles. The first-order valence-corrected chi connectivity index (χ1v) is 7.95. The van der Waals surface area contributed by atoms with Crippen LogP contribution in [0.4, 0.5) is 0 Å². The normalized spacial score (nSPS) is 26.8. The van der Waals surface area contributed by atoms with E-state index in [9.17, 15) is 4.79 Å². The number of thioether (sulfide) groups is 1. The van der Waals surface area contributed by atoms with Crippen molar-refractivity contribution in [1.82, 2.24) is 10.2 Å². The minimum atomic E-state index is 0.144. The molecule has 0 radical (unpaired) electrons. The number of rotatable bonds is 3. The van der Waals surface area contributed by atoms with Gasteiger partial charge in [0.15, 0.2) is 0 Å². The fourth-order valence-corrected chi connectivity index (χ4v) is 3.80. The van der Waals surface area contributed by atoms with Crippen LogP contribution in [0.5, 0.6) is 0 Å². The van der Waals surface area contributed by atoms with Gasteiger partial charge in [0, 0.05) is 36.8 Å². The van der Waals surface area contributed by atoms with E-state index in [0.29, 0.717) is 11.9 Å². The maximum atomic E-state index is 11.9. The molecular weight excluding hydrogens is 232 g/mol. The molecule has 0 spiro atoms. The van der Waals surface area contributed by atoms with Gasteiger partial charge in [-0.25, -0.2) is 0 Å². The van der Waals surface area contributed by atoms with E-state index in [1.54, 1.807) is 0 Å². The summed E-state index contributed by atoms with van der Waals surface area (Å²) in [4.78, 5) is 13.9. The molecule has 17 heavy (non-hydrogen) atoms. The van der Waals surface area contributed by atoms with Crippen molar-refractivity contribution in [3.8, 4) is 0 Å². The molecule has 0 aromatic heterocycles. The number of amides is 1. The average Bonchev–Trinajstić information content (AvgIpc) is 2.82. The van der Waals surface area contributed by atoms with Gasteiger partial charge in [0.25, 0.3) is 0 Å². The molecule has 1 amide bonds. The van der Waals surface area contributed by atoms with Gasteiger partial charge in [-0.3, -0.25) is 4.79 Å². The van der Waals surface area contributed by atoms with E-state index in [4.69, 9.17) is 0 Å². The van der Waals surface area contributed by atoms with Crippen LogP contribution in [0.25, 0.3) is 0 Å². The molecule has 2 heterocycles. The number of carbonyl (C=O) groups excluding carboxylic acids is 1. The third-order valence-electron chi connectivity index (χ3n) is 3.70. The zero-order chi connectivity index (χ0) is 12.3. The number of hydrogen-bond donors (Lipinski definition) is 1. The summed E-state index contributed by atoms with van der Waals surface area (Å²) >= 11 is 2.05. The Hall–Kier alpha value is -0.220. The number of likely N-dealkylation sites (tertiary alicyclic amines) is 1. The SMILES string of the molecule is CC(C)C(=O)N1CCC(NC2CCSC2)CC1. The minimum absolute atomic E-state index is 0.144. The second-order valence-electron chi connectivity index (χ2n) is 5.48. The molecule has 2 rings (SSSR count). The fraction of sp³-hybridized carbons (Fsp3) is 0.923. The summed E-state index contributed by atoms with van der Waals surface area (Å²) in [6.07, 6.45) is 3.56. The predicted octanol–water partition coefficient (Wildman–Crippen LogP) is 1.73. The lowest BCUT2D eigenvalue weighted by atomic mass is 10.0. The molecule has 2 aliphatic rings. The first kappa shape index (κ1) is 13.2. The van der Waals surface area contributed by atoms with Crippen LogP contribution in [0, 0.1) is 5.92 Å². The molecule has 0 bridgehead atoms. The highest BCUT2D eigenvalue weighted by atomic mass is 32.2. The van der Waals surface area contributed by atoms with E-state index in [-0.39, 0.29) is 5.92 Å². The van der Waals surface area contributed by atoms with E-state index < -0.39 is 0 Å². The Morgan fingerprint density at radius 2 is 1.94 bits per heavy atom. The number of piperidine rings is 1. The monoisotopic (exact) mass is 256 g/mol. The van der Waals surface area contributed by atoms with E-state index >= 15 is 0 Å². The predicted molar refractivity (Wildman–Crippen MR) is 73.3 cm³/mol. The van der Waals surface area contributed by atoms with E-state index in [1.165, 1.54) is 17.9 Å². The highest BCUT2D eigenvalue weighted by Crippen LogP contribution is 2.20. The quantitative estimate of drug-likeness (QED) is 0.834. The number of nitrogens with one attached hydrogen (secondary N) is 1. The summed E-state index contributed by atoms with van der Waals surface area (Å²) in [6.45, 7) is 5.86. The molecule has 98 valence electrons. The smallest absolute Gasteiger partial charge is 0.225 e. The van der Waals surface area contributed by atoms with Gasteiger partial charge in [-0.1, -0.05) is 13.8 Å². The summed E-state index contributed by atoms with van der Waals surface area (Å²) in [5.74, 6) is 3.04. The van der Waals surface area contributed by atoms with Crippen molar-refractivity contribution in [3.05, 3.63) is 0 Å². The first-order valence-electron chi connectivity index (χ1n) is 6.79. The Balaban J connectivity index is 1.72. The van der Waals surface area contributed by atoms with Crippen molar-refractivity contribution in [2.45, 2.75) is 45.2 Å². The van der Waals surface area contributed by atoms with Gasteiger partial charge in [-0.15, -0.1) is 0 Å². The molecular formula is C13H24N2OS. The third kappa shape index (κ3) is 3.62. The molecule has 4 heteroatoms. The molecule has 1 unspecified atom stereocenters. The van der Waals surface area contributed by atoms with Crippen LogP contribution in [0.2, 0.25) is 0 Å². The summed E-state index contributed by atoms with van der Waals surface area (Å²) in [7, 11) is 0. The van der Waals surface area contributed by atoms with E-state index in [2.05, 4.69) is 17.1 Å². The van der Waals surface area contributed by atoms with Gasteiger partial charge in [0.2, 0.25) is 5.91 Å². The molecule has 0 aliphatic carbocycles. The standard InChI is InChI=1S/C13H24N2OS/c1-10(2)13(16)15-6-3-11(4-7-15)14-12-5-8-17-9-12/h10-12,14H,3-9H2,1-2H3. The largest absolute Gasteiger partial charge is 0.342 e. The van der Waals surface area contributed by atoms with Crippen LogP contribution in [-0.4, -0.2) is 47.5 Å². The van der Waals surface area contributed by atoms with Gasteiger partial charge >= 0.3 is 0 Å². The molecule has 3 nitrogen and oxygen atoms in total. The van der Waals surface area contributed by atoms with Gasteiger partial charge in [0.05, 0.1) is 0 Å². The highest BCUT2D eigenvalue weighted by Gasteiger charge is 2.26. The average molecular weight is 256 g/mol. The second kappa shape index (κ2) is 6.10. The van der Waals surface area contributed by atoms with Crippen molar-refractivity contribution < 1.29 is 4.79 Å². The van der Waals surface area contributed by atoms with Crippen LogP contribution in [0.1, 0.15) is 33.1 Å². The highest BCUT2D eigenvalue weighted by molar-refractivity contribution is 7.99. The Morgan fingerprint density at radius 1 is 1.24 bits per heavy atom. The summed E-state index contributed by atoms with van der Waals surface area (Å²) in [6, 6.07) is 1.35. The van der Waals surface area contributed by atoms with Crippen molar-refractivity contribution >= 4 is 17.7 Å². The van der Waals surface area contributed by atoms with Crippen molar-refractivity contribution in [3.63, 3.8) is 0 Å². The van der Waals surface area contributed by atoms with Gasteiger partial charge in [-0.05, 0) is 25.0 Å². The van der Waals surface area contributed by atoms with Crippen LogP contribution < -0.4 is 5.32 Å². The molecule has 2 fully saturated rings. The summed E-state index contributed by atoms with van der Waals surface area (Å²) < 4.78 is 0. The topological polar surface area (TPSA) is 32.3 Å².